The van der Waals surface area contributed by atoms with Crippen molar-refractivity contribution in [1.29, 1.82) is 0 Å². The average Bonchev–Trinajstić information content (AvgIpc) is 2.99. The highest BCUT2D eigenvalue weighted by atomic mass is 16.2. The third-order valence-electron chi connectivity index (χ3n) is 3.89. The number of aromatic nitrogens is 1. The molecule has 118 valence electrons. The van der Waals surface area contributed by atoms with E-state index in [-0.39, 0.29) is 5.91 Å². The van der Waals surface area contributed by atoms with E-state index in [2.05, 4.69) is 22.1 Å². The van der Waals surface area contributed by atoms with Crippen LogP contribution in [-0.2, 0) is 4.79 Å². The normalized spacial score (nSPS) is 15.9. The van der Waals surface area contributed by atoms with Crippen LogP contribution in [0, 0.1) is 13.8 Å². The van der Waals surface area contributed by atoms with E-state index in [1.807, 2.05) is 44.2 Å². The Hall–Kier alpha value is -2.69. The molecule has 1 aliphatic heterocycles. The number of hydrogen-bond donors (Lipinski definition) is 1. The fourth-order valence-electron chi connectivity index (χ4n) is 2.83. The molecule has 0 bridgehead atoms. The van der Waals surface area contributed by atoms with Crippen molar-refractivity contribution in [3.8, 4) is 0 Å². The van der Waals surface area contributed by atoms with Gasteiger partial charge in [0.25, 0.3) is 5.91 Å². The molecule has 1 N–H and O–H groups in total. The Bertz CT molecular complexity index is 801. The molecule has 0 spiro atoms. The molecule has 5 heteroatoms. The summed E-state index contributed by atoms with van der Waals surface area (Å²) < 4.78 is 0. The van der Waals surface area contributed by atoms with Crippen molar-refractivity contribution in [2.24, 2.45) is 10.2 Å². The molecule has 0 aliphatic carbocycles. The van der Waals surface area contributed by atoms with Crippen LogP contribution in [0.1, 0.15) is 35.9 Å². The molecule has 1 aliphatic rings. The maximum absolute atomic E-state index is 12.6. The predicted molar refractivity (Wildman–Crippen MR) is 93.5 cm³/mol. The van der Waals surface area contributed by atoms with Gasteiger partial charge in [0.2, 0.25) is 0 Å². The molecule has 0 unspecified atom stereocenters. The van der Waals surface area contributed by atoms with E-state index >= 15 is 0 Å². The molecular weight excluding hydrogens is 288 g/mol. The summed E-state index contributed by atoms with van der Waals surface area (Å²) in [6, 6.07) is 9.73. The number of benzene rings is 1. The first-order valence-electron chi connectivity index (χ1n) is 7.80. The van der Waals surface area contributed by atoms with Crippen LogP contribution >= 0.6 is 0 Å². The summed E-state index contributed by atoms with van der Waals surface area (Å²) in [5.41, 5.74) is 5.28. The molecule has 1 aromatic heterocycles. The van der Waals surface area contributed by atoms with Crippen molar-refractivity contribution in [1.82, 2.24) is 4.98 Å². The lowest BCUT2D eigenvalue weighted by atomic mass is 10.1. The predicted octanol–water partition coefficient (Wildman–Crippen LogP) is 3.21. The molecule has 2 heterocycles. The van der Waals surface area contributed by atoms with Gasteiger partial charge in [0, 0.05) is 29.1 Å². The van der Waals surface area contributed by atoms with Crippen molar-refractivity contribution >= 4 is 23.5 Å². The van der Waals surface area contributed by atoms with Gasteiger partial charge in [0.1, 0.15) is 0 Å². The highest BCUT2D eigenvalue weighted by Gasteiger charge is 2.33. The number of hydrogen-bond acceptors (Lipinski definition) is 3. The molecule has 1 amide bonds. The van der Waals surface area contributed by atoms with Crippen molar-refractivity contribution in [2.45, 2.75) is 27.2 Å². The van der Waals surface area contributed by atoms with Gasteiger partial charge in [-0.3, -0.25) is 4.79 Å². The second-order valence-corrected chi connectivity index (χ2v) is 5.70. The molecular formula is C18H20N4O. The number of aryl methyl sites for hydroxylation is 2. The number of aromatic amines is 1. The minimum atomic E-state index is -0.0767. The lowest BCUT2D eigenvalue weighted by Gasteiger charge is -2.14. The quantitative estimate of drug-likeness (QED) is 0.684. The van der Waals surface area contributed by atoms with E-state index in [9.17, 15) is 4.79 Å². The van der Waals surface area contributed by atoms with Crippen LogP contribution in [0.3, 0.4) is 0 Å². The Balaban J connectivity index is 1.93. The summed E-state index contributed by atoms with van der Waals surface area (Å²) in [4.78, 5) is 17.6. The summed E-state index contributed by atoms with van der Waals surface area (Å²) in [6.45, 7) is 6.73. The first-order valence-corrected chi connectivity index (χ1v) is 7.80. The van der Waals surface area contributed by atoms with Crippen LogP contribution < -0.4 is 4.90 Å². The van der Waals surface area contributed by atoms with Gasteiger partial charge in [-0.25, -0.2) is 0 Å². The Labute approximate surface area is 135 Å². The van der Waals surface area contributed by atoms with Crippen LogP contribution in [0.5, 0.6) is 0 Å². The Morgan fingerprint density at radius 3 is 2.74 bits per heavy atom. The van der Waals surface area contributed by atoms with E-state index < -0.39 is 0 Å². The minimum absolute atomic E-state index is 0.0767. The first-order chi connectivity index (χ1) is 11.1. The van der Waals surface area contributed by atoms with Crippen molar-refractivity contribution in [3.05, 3.63) is 52.8 Å². The van der Waals surface area contributed by atoms with E-state index in [1.165, 1.54) is 0 Å². The molecule has 0 radical (unpaired) electrons. The minimum Gasteiger partial charge on any atom is -0.362 e. The molecule has 0 atom stereocenters. The number of fused-ring (bicyclic) bond motifs is 1. The second kappa shape index (κ2) is 6.20. The number of anilines is 1. The highest BCUT2D eigenvalue weighted by molar-refractivity contribution is 6.54. The topological polar surface area (TPSA) is 60.8 Å². The molecule has 3 rings (SSSR count). The van der Waals surface area contributed by atoms with E-state index in [0.29, 0.717) is 12.3 Å². The largest absolute Gasteiger partial charge is 0.362 e. The smallest absolute Gasteiger partial charge is 0.279 e. The van der Waals surface area contributed by atoms with Gasteiger partial charge >= 0.3 is 0 Å². The number of rotatable bonds is 4. The van der Waals surface area contributed by atoms with E-state index in [1.54, 1.807) is 11.1 Å². The van der Waals surface area contributed by atoms with Gasteiger partial charge in [-0.2, -0.15) is 5.10 Å². The number of carbonyl (C=O) groups is 1. The lowest BCUT2D eigenvalue weighted by molar-refractivity contribution is -0.112. The summed E-state index contributed by atoms with van der Waals surface area (Å²) in [6.07, 6.45) is 2.59. The molecule has 0 saturated carbocycles. The number of nitrogens with zero attached hydrogens (tertiary/aromatic N) is 3. The standard InChI is InChI=1S/C18H20N4O/c1-4-9-22-16-8-6-5-7-15(16)17(18(22)23)21-19-11-14-10-12(2)20-13(14)3/h5-8,10-11,20H,4,9H2,1-3H3/b19-11+,21-17+. The van der Waals surface area contributed by atoms with E-state index in [4.69, 9.17) is 0 Å². The summed E-state index contributed by atoms with van der Waals surface area (Å²) >= 11 is 0. The molecule has 2 aromatic rings. The summed E-state index contributed by atoms with van der Waals surface area (Å²) in [7, 11) is 0. The van der Waals surface area contributed by atoms with Gasteiger partial charge in [0.15, 0.2) is 5.71 Å². The van der Waals surface area contributed by atoms with Crippen molar-refractivity contribution < 1.29 is 4.79 Å². The van der Waals surface area contributed by atoms with Gasteiger partial charge in [0.05, 0.1) is 11.9 Å². The average molecular weight is 308 g/mol. The maximum atomic E-state index is 12.6. The molecule has 5 nitrogen and oxygen atoms in total. The number of H-pyrrole nitrogens is 1. The number of nitrogens with one attached hydrogen (secondary N) is 1. The lowest BCUT2D eigenvalue weighted by Crippen LogP contribution is -2.30. The van der Waals surface area contributed by atoms with E-state index in [0.717, 1.165) is 34.6 Å². The Morgan fingerprint density at radius 1 is 1.26 bits per heavy atom. The third kappa shape index (κ3) is 2.82. The van der Waals surface area contributed by atoms with Crippen LogP contribution in [0.4, 0.5) is 5.69 Å². The Morgan fingerprint density at radius 2 is 2.04 bits per heavy atom. The number of amides is 1. The molecule has 0 saturated heterocycles. The van der Waals surface area contributed by atoms with Gasteiger partial charge in [-0.15, -0.1) is 5.10 Å². The number of carbonyl (C=O) groups excluding carboxylic acids is 1. The monoisotopic (exact) mass is 308 g/mol. The van der Waals surface area contributed by atoms with Crippen LogP contribution in [-0.4, -0.2) is 29.4 Å². The van der Waals surface area contributed by atoms with Crippen LogP contribution in [0.2, 0.25) is 0 Å². The third-order valence-corrected chi connectivity index (χ3v) is 3.89. The van der Waals surface area contributed by atoms with Crippen molar-refractivity contribution in [2.75, 3.05) is 11.4 Å². The zero-order valence-corrected chi connectivity index (χ0v) is 13.6. The number of para-hydroxylation sites is 1. The zero-order chi connectivity index (χ0) is 16.4. The van der Waals surface area contributed by atoms with Gasteiger partial charge in [-0.05, 0) is 32.4 Å². The summed E-state index contributed by atoms with van der Waals surface area (Å²) in [5.74, 6) is -0.0767. The fourth-order valence-corrected chi connectivity index (χ4v) is 2.83. The van der Waals surface area contributed by atoms with Crippen LogP contribution in [0.25, 0.3) is 0 Å². The second-order valence-electron chi connectivity index (χ2n) is 5.70. The van der Waals surface area contributed by atoms with Gasteiger partial charge in [-0.1, -0.05) is 25.1 Å². The zero-order valence-electron chi connectivity index (χ0n) is 13.6. The molecule has 23 heavy (non-hydrogen) atoms. The summed E-state index contributed by atoms with van der Waals surface area (Å²) in [5, 5.41) is 8.34. The fraction of sp³-hybridized carbons (Fsp3) is 0.278. The van der Waals surface area contributed by atoms with Gasteiger partial charge < -0.3 is 9.88 Å². The van der Waals surface area contributed by atoms with Crippen LogP contribution in [0.15, 0.2) is 40.5 Å². The molecule has 0 fully saturated rings. The molecule has 1 aromatic carbocycles. The highest BCUT2D eigenvalue weighted by Crippen LogP contribution is 2.29. The van der Waals surface area contributed by atoms with Crippen molar-refractivity contribution in [3.63, 3.8) is 0 Å². The maximum Gasteiger partial charge on any atom is 0.279 e. The first kappa shape index (κ1) is 15.2. The SMILES string of the molecule is CCCN1C(=O)/C(=N/N=C/c2cc(C)[nH]c2C)c2ccccc21. The Kier molecular flexibility index (Phi) is 4.10.